The number of hydrogen-bond acceptors (Lipinski definition) is 2. The Morgan fingerprint density at radius 2 is 1.42 bits per heavy atom. The van der Waals surface area contributed by atoms with E-state index >= 15 is 0 Å². The van der Waals surface area contributed by atoms with Gasteiger partial charge in [0.1, 0.15) is 0 Å². The molecule has 4 fully saturated rings. The van der Waals surface area contributed by atoms with Crippen LogP contribution in [0.3, 0.4) is 0 Å². The summed E-state index contributed by atoms with van der Waals surface area (Å²) in [6.07, 6.45) is 8.65. The molecule has 4 saturated carbocycles. The van der Waals surface area contributed by atoms with Crippen LogP contribution >= 0.6 is 12.4 Å². The number of rotatable bonds is 6. The van der Waals surface area contributed by atoms with E-state index in [0.717, 1.165) is 44.0 Å². The van der Waals surface area contributed by atoms with E-state index in [1.54, 1.807) is 0 Å². The summed E-state index contributed by atoms with van der Waals surface area (Å²) in [7, 11) is 0. The lowest BCUT2D eigenvalue weighted by molar-refractivity contribution is -0.164. The highest BCUT2D eigenvalue weighted by Gasteiger charge is 2.51. The van der Waals surface area contributed by atoms with Gasteiger partial charge in [0, 0.05) is 6.54 Å². The van der Waals surface area contributed by atoms with Gasteiger partial charge in [-0.05, 0) is 69.4 Å². The molecule has 0 heterocycles. The van der Waals surface area contributed by atoms with Crippen LogP contribution in [0.4, 0.5) is 0 Å². The highest BCUT2D eigenvalue weighted by Crippen LogP contribution is 2.57. The lowest BCUT2D eigenvalue weighted by Gasteiger charge is -2.56. The third-order valence-electron chi connectivity index (χ3n) is 5.69. The normalized spacial score (nSPS) is 39.6. The van der Waals surface area contributed by atoms with Crippen LogP contribution < -0.4 is 0 Å². The molecule has 0 aromatic heterocycles. The highest BCUT2D eigenvalue weighted by atomic mass is 35.5. The fourth-order valence-electron chi connectivity index (χ4n) is 5.14. The Morgan fingerprint density at radius 1 is 0.947 bits per heavy atom. The standard InChI is InChI=1S/C16H29NO.ClH/c1-3-17(4-2)5-6-18-16-10-13-7-14(11-16)9-15(8-13)12-16;/h13-15H,3-12H2,1-2H3;1H. The molecule has 0 unspecified atom stereocenters. The molecule has 4 aliphatic rings. The first-order valence-corrected chi connectivity index (χ1v) is 8.09. The third-order valence-corrected chi connectivity index (χ3v) is 5.69. The van der Waals surface area contributed by atoms with E-state index in [2.05, 4.69) is 18.7 Å². The van der Waals surface area contributed by atoms with Gasteiger partial charge in [0.25, 0.3) is 0 Å². The van der Waals surface area contributed by atoms with Gasteiger partial charge in [-0.15, -0.1) is 12.4 Å². The number of hydrogen-bond donors (Lipinski definition) is 0. The first kappa shape index (κ1) is 15.6. The predicted octanol–water partition coefficient (Wildman–Crippen LogP) is 3.74. The molecular formula is C16H30ClNO. The topological polar surface area (TPSA) is 12.5 Å². The minimum Gasteiger partial charge on any atom is -0.374 e. The van der Waals surface area contributed by atoms with Gasteiger partial charge in [0.05, 0.1) is 12.2 Å². The van der Waals surface area contributed by atoms with Gasteiger partial charge in [0.15, 0.2) is 0 Å². The summed E-state index contributed by atoms with van der Waals surface area (Å²) in [6, 6.07) is 0. The largest absolute Gasteiger partial charge is 0.374 e. The zero-order chi connectivity index (χ0) is 12.6. The zero-order valence-electron chi connectivity index (χ0n) is 12.6. The summed E-state index contributed by atoms with van der Waals surface area (Å²) in [5.74, 6) is 3.01. The molecule has 0 spiro atoms. The van der Waals surface area contributed by atoms with Crippen molar-refractivity contribution < 1.29 is 4.74 Å². The van der Waals surface area contributed by atoms with Crippen LogP contribution in [0.1, 0.15) is 52.4 Å². The molecule has 19 heavy (non-hydrogen) atoms. The molecule has 2 nitrogen and oxygen atoms in total. The zero-order valence-corrected chi connectivity index (χ0v) is 13.4. The fraction of sp³-hybridized carbons (Fsp3) is 1.00. The summed E-state index contributed by atoms with van der Waals surface area (Å²) in [6.45, 7) is 8.87. The van der Waals surface area contributed by atoms with Crippen LogP contribution in [0.5, 0.6) is 0 Å². The number of ether oxygens (including phenoxy) is 1. The van der Waals surface area contributed by atoms with Crippen molar-refractivity contribution in [3.8, 4) is 0 Å². The van der Waals surface area contributed by atoms with Crippen LogP contribution in [0.25, 0.3) is 0 Å². The van der Waals surface area contributed by atoms with Crippen molar-refractivity contribution >= 4 is 12.4 Å². The number of likely N-dealkylation sites (N-methyl/N-ethyl adjacent to an activating group) is 1. The van der Waals surface area contributed by atoms with Crippen molar-refractivity contribution in [2.75, 3.05) is 26.2 Å². The van der Waals surface area contributed by atoms with E-state index in [-0.39, 0.29) is 12.4 Å². The molecule has 0 amide bonds. The Balaban J connectivity index is 0.00000133. The van der Waals surface area contributed by atoms with Crippen molar-refractivity contribution in [1.82, 2.24) is 4.90 Å². The molecule has 0 aromatic carbocycles. The Morgan fingerprint density at radius 3 is 1.84 bits per heavy atom. The highest BCUT2D eigenvalue weighted by molar-refractivity contribution is 5.85. The minimum absolute atomic E-state index is 0. The van der Waals surface area contributed by atoms with E-state index < -0.39 is 0 Å². The van der Waals surface area contributed by atoms with E-state index in [4.69, 9.17) is 4.74 Å². The molecule has 0 radical (unpaired) electrons. The van der Waals surface area contributed by atoms with Crippen LogP contribution in [-0.4, -0.2) is 36.7 Å². The Kier molecular flexibility index (Phi) is 5.19. The Hall–Kier alpha value is 0.210. The van der Waals surface area contributed by atoms with Crippen molar-refractivity contribution in [1.29, 1.82) is 0 Å². The molecule has 4 aliphatic carbocycles. The average Bonchev–Trinajstić information content (AvgIpc) is 2.33. The van der Waals surface area contributed by atoms with Gasteiger partial charge in [0.2, 0.25) is 0 Å². The quantitative estimate of drug-likeness (QED) is 0.738. The van der Waals surface area contributed by atoms with E-state index in [9.17, 15) is 0 Å². The summed E-state index contributed by atoms with van der Waals surface area (Å²) in [4.78, 5) is 2.47. The van der Waals surface area contributed by atoms with Crippen LogP contribution in [0.15, 0.2) is 0 Å². The second-order valence-electron chi connectivity index (χ2n) is 6.98. The molecule has 4 rings (SSSR count). The SMILES string of the molecule is CCN(CC)CCOC12CC3CC(CC(C3)C1)C2.Cl. The second kappa shape index (κ2) is 6.32. The lowest BCUT2D eigenvalue weighted by Crippen LogP contribution is -2.52. The fourth-order valence-corrected chi connectivity index (χ4v) is 5.14. The average molecular weight is 288 g/mol. The number of nitrogens with zero attached hydrogens (tertiary/aromatic N) is 1. The smallest absolute Gasteiger partial charge is 0.0691 e. The molecule has 0 aliphatic heterocycles. The summed E-state index contributed by atoms with van der Waals surface area (Å²) < 4.78 is 6.43. The second-order valence-corrected chi connectivity index (χ2v) is 6.98. The van der Waals surface area contributed by atoms with E-state index in [1.165, 1.54) is 38.5 Å². The van der Waals surface area contributed by atoms with Gasteiger partial charge in [-0.2, -0.15) is 0 Å². The minimum atomic E-state index is 0. The molecule has 0 N–H and O–H groups in total. The Bertz CT molecular complexity index is 255. The number of halogens is 1. The molecule has 112 valence electrons. The molecule has 0 atom stereocenters. The monoisotopic (exact) mass is 287 g/mol. The van der Waals surface area contributed by atoms with Gasteiger partial charge in [-0.3, -0.25) is 0 Å². The predicted molar refractivity (Wildman–Crippen MR) is 81.9 cm³/mol. The van der Waals surface area contributed by atoms with Crippen molar-refractivity contribution in [3.63, 3.8) is 0 Å². The van der Waals surface area contributed by atoms with Gasteiger partial charge in [-0.25, -0.2) is 0 Å². The van der Waals surface area contributed by atoms with Crippen molar-refractivity contribution in [2.45, 2.75) is 58.0 Å². The van der Waals surface area contributed by atoms with Gasteiger partial charge < -0.3 is 9.64 Å². The summed E-state index contributed by atoms with van der Waals surface area (Å²) in [5.41, 5.74) is 0.307. The Labute approximate surface area is 124 Å². The van der Waals surface area contributed by atoms with E-state index in [1.807, 2.05) is 0 Å². The van der Waals surface area contributed by atoms with Gasteiger partial charge >= 0.3 is 0 Å². The molecule has 0 aromatic rings. The molecule has 3 heteroatoms. The maximum atomic E-state index is 6.43. The third kappa shape index (κ3) is 3.28. The van der Waals surface area contributed by atoms with Gasteiger partial charge in [-0.1, -0.05) is 13.8 Å². The van der Waals surface area contributed by atoms with Crippen molar-refractivity contribution in [3.05, 3.63) is 0 Å². The molecule has 4 bridgehead atoms. The maximum Gasteiger partial charge on any atom is 0.0691 e. The van der Waals surface area contributed by atoms with E-state index in [0.29, 0.717) is 5.60 Å². The summed E-state index contributed by atoms with van der Waals surface area (Å²) >= 11 is 0. The lowest BCUT2D eigenvalue weighted by atomic mass is 9.54. The molecule has 0 saturated heterocycles. The van der Waals surface area contributed by atoms with Crippen LogP contribution in [-0.2, 0) is 4.74 Å². The maximum absolute atomic E-state index is 6.43. The first-order valence-electron chi connectivity index (χ1n) is 8.09. The van der Waals surface area contributed by atoms with Crippen LogP contribution in [0.2, 0.25) is 0 Å². The summed E-state index contributed by atoms with van der Waals surface area (Å²) in [5, 5.41) is 0. The molecular weight excluding hydrogens is 258 g/mol. The first-order chi connectivity index (χ1) is 8.73. The van der Waals surface area contributed by atoms with Crippen LogP contribution in [0, 0.1) is 17.8 Å². The van der Waals surface area contributed by atoms with Crippen molar-refractivity contribution in [2.24, 2.45) is 17.8 Å².